The molecule has 132 valence electrons. The van der Waals surface area contributed by atoms with Crippen molar-refractivity contribution in [1.82, 2.24) is 5.32 Å². The van der Waals surface area contributed by atoms with Crippen LogP contribution in [0.3, 0.4) is 0 Å². The van der Waals surface area contributed by atoms with E-state index in [0.717, 1.165) is 0 Å². The summed E-state index contributed by atoms with van der Waals surface area (Å²) in [7, 11) is 4.29. The third kappa shape index (κ3) is 4.26. The van der Waals surface area contributed by atoms with Crippen molar-refractivity contribution >= 4 is 11.6 Å². The molecule has 1 N–H and O–H groups in total. The number of methoxy groups -OCH3 is 1. The van der Waals surface area contributed by atoms with Crippen molar-refractivity contribution in [2.24, 2.45) is 5.16 Å². The van der Waals surface area contributed by atoms with Gasteiger partial charge in [-0.1, -0.05) is 35.5 Å². The predicted molar refractivity (Wildman–Crippen MR) is 91.3 cm³/mol. The van der Waals surface area contributed by atoms with E-state index in [9.17, 15) is 9.18 Å². The number of hydrogen-bond donors (Lipinski definition) is 1. The Morgan fingerprint density at radius 2 is 1.92 bits per heavy atom. The number of para-hydroxylation sites is 1. The first kappa shape index (κ1) is 18.3. The highest BCUT2D eigenvalue weighted by Crippen LogP contribution is 2.30. The Morgan fingerprint density at radius 1 is 1.16 bits per heavy atom. The highest BCUT2D eigenvalue weighted by Gasteiger charge is 2.18. The summed E-state index contributed by atoms with van der Waals surface area (Å²) >= 11 is 0. The van der Waals surface area contributed by atoms with Crippen molar-refractivity contribution in [2.45, 2.75) is 6.61 Å². The molecule has 0 aromatic heterocycles. The molecule has 0 radical (unpaired) electrons. The summed E-state index contributed by atoms with van der Waals surface area (Å²) in [6.45, 7) is 0.0210. The molecule has 0 saturated heterocycles. The van der Waals surface area contributed by atoms with Gasteiger partial charge >= 0.3 is 0 Å². The molecule has 0 bridgehead atoms. The third-order valence-electron chi connectivity index (χ3n) is 3.42. The number of ether oxygens (including phenoxy) is 2. The van der Waals surface area contributed by atoms with Gasteiger partial charge in [-0.2, -0.15) is 0 Å². The van der Waals surface area contributed by atoms with Gasteiger partial charge < -0.3 is 19.6 Å². The number of benzene rings is 2. The molecule has 0 aliphatic rings. The molecule has 0 saturated carbocycles. The second-order valence-electron chi connectivity index (χ2n) is 4.92. The van der Waals surface area contributed by atoms with Crippen molar-refractivity contribution < 1.29 is 23.5 Å². The molecular formula is C18H19FN2O4. The summed E-state index contributed by atoms with van der Waals surface area (Å²) in [5.74, 6) is -0.647. The van der Waals surface area contributed by atoms with Crippen LogP contribution in [0.25, 0.3) is 0 Å². The van der Waals surface area contributed by atoms with Crippen LogP contribution in [0.4, 0.5) is 4.39 Å². The Kier molecular flexibility index (Phi) is 6.33. The van der Waals surface area contributed by atoms with E-state index in [4.69, 9.17) is 14.3 Å². The molecule has 0 aliphatic carbocycles. The fourth-order valence-electron chi connectivity index (χ4n) is 2.24. The van der Waals surface area contributed by atoms with Crippen LogP contribution in [-0.2, 0) is 16.2 Å². The second kappa shape index (κ2) is 8.68. The lowest BCUT2D eigenvalue weighted by molar-refractivity contribution is -0.114. The molecule has 0 fully saturated rings. The van der Waals surface area contributed by atoms with Gasteiger partial charge in [0.15, 0.2) is 23.0 Å². The summed E-state index contributed by atoms with van der Waals surface area (Å²) in [6.07, 6.45) is 0. The summed E-state index contributed by atoms with van der Waals surface area (Å²) < 4.78 is 24.7. The van der Waals surface area contributed by atoms with Crippen LogP contribution < -0.4 is 14.8 Å². The lowest BCUT2D eigenvalue weighted by Crippen LogP contribution is -2.29. The first-order chi connectivity index (χ1) is 12.1. The number of likely N-dealkylation sites (N-methyl/N-ethyl adjacent to an activating group) is 1. The van der Waals surface area contributed by atoms with Gasteiger partial charge in [-0.25, -0.2) is 4.39 Å². The average Bonchev–Trinajstić information content (AvgIpc) is 2.64. The first-order valence-corrected chi connectivity index (χ1v) is 7.49. The minimum atomic E-state index is -0.533. The van der Waals surface area contributed by atoms with Crippen LogP contribution in [-0.4, -0.2) is 32.9 Å². The van der Waals surface area contributed by atoms with Crippen molar-refractivity contribution in [1.29, 1.82) is 0 Å². The van der Waals surface area contributed by atoms with E-state index in [2.05, 4.69) is 10.5 Å². The minimum absolute atomic E-state index is 0.00461. The zero-order valence-electron chi connectivity index (χ0n) is 14.2. The first-order valence-electron chi connectivity index (χ1n) is 7.49. The molecule has 2 aromatic rings. The number of carbonyl (C=O) groups is 1. The van der Waals surface area contributed by atoms with E-state index in [1.807, 2.05) is 0 Å². The molecule has 0 aliphatic heterocycles. The fourth-order valence-corrected chi connectivity index (χ4v) is 2.24. The predicted octanol–water partition coefficient (Wildman–Crippen LogP) is 2.51. The molecule has 2 aromatic carbocycles. The summed E-state index contributed by atoms with van der Waals surface area (Å²) in [5.41, 5.74) is 1.27. The monoisotopic (exact) mass is 346 g/mol. The average molecular weight is 346 g/mol. The van der Waals surface area contributed by atoms with Gasteiger partial charge in [0.2, 0.25) is 0 Å². The van der Waals surface area contributed by atoms with E-state index in [1.54, 1.807) is 30.3 Å². The number of carbonyl (C=O) groups excluding carboxylic acids is 1. The zero-order valence-corrected chi connectivity index (χ0v) is 14.2. The Morgan fingerprint density at radius 3 is 2.60 bits per heavy atom. The smallest absolute Gasteiger partial charge is 0.273 e. The van der Waals surface area contributed by atoms with Crippen LogP contribution in [0.2, 0.25) is 0 Å². The van der Waals surface area contributed by atoms with Crippen molar-refractivity contribution in [3.63, 3.8) is 0 Å². The Labute approximate surface area is 145 Å². The highest BCUT2D eigenvalue weighted by molar-refractivity contribution is 6.45. The van der Waals surface area contributed by atoms with E-state index in [0.29, 0.717) is 11.1 Å². The number of rotatable bonds is 7. The van der Waals surface area contributed by atoms with Gasteiger partial charge in [0, 0.05) is 12.6 Å². The Bertz CT molecular complexity index is 777. The number of hydrogen-bond acceptors (Lipinski definition) is 5. The number of amides is 1. The zero-order chi connectivity index (χ0) is 18.2. The lowest BCUT2D eigenvalue weighted by atomic mass is 10.0. The largest absolute Gasteiger partial charge is 0.493 e. The molecule has 6 nitrogen and oxygen atoms in total. The molecule has 0 atom stereocenters. The lowest BCUT2D eigenvalue weighted by Gasteiger charge is -2.14. The standard InChI is InChI=1S/C18H19FN2O4/c1-20-18(22)16(21-24-3)13-8-5-4-7-12(13)11-25-17-14(19)9-6-10-15(17)23-2/h4-10H,11H2,1-3H3,(H,20,22). The van der Waals surface area contributed by atoms with Gasteiger partial charge in [0.25, 0.3) is 5.91 Å². The van der Waals surface area contributed by atoms with E-state index >= 15 is 0 Å². The molecule has 2 rings (SSSR count). The molecular weight excluding hydrogens is 327 g/mol. The Hall–Kier alpha value is -3.09. The van der Waals surface area contributed by atoms with Crippen molar-refractivity contribution in [2.75, 3.05) is 21.3 Å². The molecule has 25 heavy (non-hydrogen) atoms. The van der Waals surface area contributed by atoms with Gasteiger partial charge in [0.05, 0.1) is 7.11 Å². The van der Waals surface area contributed by atoms with E-state index < -0.39 is 11.7 Å². The van der Waals surface area contributed by atoms with Crippen LogP contribution in [0.15, 0.2) is 47.6 Å². The number of halogens is 1. The molecule has 7 heteroatoms. The van der Waals surface area contributed by atoms with E-state index in [1.165, 1.54) is 33.4 Å². The van der Waals surface area contributed by atoms with E-state index in [-0.39, 0.29) is 23.8 Å². The Balaban J connectivity index is 2.33. The number of nitrogens with one attached hydrogen (secondary N) is 1. The minimum Gasteiger partial charge on any atom is -0.493 e. The van der Waals surface area contributed by atoms with Crippen molar-refractivity contribution in [3.8, 4) is 11.5 Å². The van der Waals surface area contributed by atoms with Gasteiger partial charge in [-0.05, 0) is 17.7 Å². The topological polar surface area (TPSA) is 69.2 Å². The summed E-state index contributed by atoms with van der Waals surface area (Å²) in [5, 5.41) is 6.29. The molecule has 1 amide bonds. The van der Waals surface area contributed by atoms with Gasteiger partial charge in [-0.15, -0.1) is 0 Å². The van der Waals surface area contributed by atoms with Gasteiger partial charge in [0.1, 0.15) is 13.7 Å². The summed E-state index contributed by atoms with van der Waals surface area (Å²) in [6, 6.07) is 11.4. The number of oxime groups is 1. The summed E-state index contributed by atoms with van der Waals surface area (Å²) in [4.78, 5) is 16.8. The molecule has 0 spiro atoms. The third-order valence-corrected chi connectivity index (χ3v) is 3.42. The maximum atomic E-state index is 14.0. The van der Waals surface area contributed by atoms with Crippen LogP contribution in [0.5, 0.6) is 11.5 Å². The van der Waals surface area contributed by atoms with Crippen LogP contribution in [0, 0.1) is 5.82 Å². The SMILES string of the molecule is CNC(=O)C(=NOC)c1ccccc1COc1c(F)cccc1OC. The van der Waals surface area contributed by atoms with Gasteiger partial charge in [-0.3, -0.25) is 4.79 Å². The number of nitrogens with zero attached hydrogens (tertiary/aromatic N) is 1. The molecule has 0 unspecified atom stereocenters. The normalized spacial score (nSPS) is 11.0. The second-order valence-corrected chi connectivity index (χ2v) is 4.92. The maximum absolute atomic E-state index is 14.0. The highest BCUT2D eigenvalue weighted by atomic mass is 19.1. The fraction of sp³-hybridized carbons (Fsp3) is 0.222. The molecule has 0 heterocycles. The quantitative estimate of drug-likeness (QED) is 0.618. The van der Waals surface area contributed by atoms with Crippen LogP contribution in [0.1, 0.15) is 11.1 Å². The van der Waals surface area contributed by atoms with Crippen LogP contribution >= 0.6 is 0 Å². The van der Waals surface area contributed by atoms with Crippen molar-refractivity contribution in [3.05, 3.63) is 59.4 Å². The maximum Gasteiger partial charge on any atom is 0.273 e.